The first kappa shape index (κ1) is 16.4. The van der Waals surface area contributed by atoms with Gasteiger partial charge >= 0.3 is 5.97 Å². The number of esters is 1. The van der Waals surface area contributed by atoms with E-state index in [0.29, 0.717) is 29.7 Å². The molecule has 0 radical (unpaired) electrons. The van der Waals surface area contributed by atoms with E-state index in [0.717, 1.165) is 6.54 Å². The van der Waals surface area contributed by atoms with Gasteiger partial charge in [-0.25, -0.2) is 14.8 Å². The summed E-state index contributed by atoms with van der Waals surface area (Å²) in [5, 5.41) is 3.23. The van der Waals surface area contributed by atoms with E-state index in [1.54, 1.807) is 13.8 Å². The van der Waals surface area contributed by atoms with Gasteiger partial charge < -0.3 is 10.1 Å². The number of hydrogen-bond acceptors (Lipinski definition) is 5. The van der Waals surface area contributed by atoms with Gasteiger partial charge in [0, 0.05) is 12.7 Å². The fraction of sp³-hybridized carbons (Fsp3) is 0.667. The molecule has 0 aliphatic heterocycles. The SMILES string of the molecule is CCOC(=O)c1cnc(NCC(C)(C)C(C)C)nc1C. The standard InChI is InChI=1S/C15H25N3O2/c1-7-20-13(19)12-8-16-14(18-11(12)4)17-9-15(5,6)10(2)3/h8,10H,7,9H2,1-6H3,(H,16,17,18). The highest BCUT2D eigenvalue weighted by molar-refractivity contribution is 5.90. The van der Waals surface area contributed by atoms with E-state index in [1.807, 2.05) is 0 Å². The molecular formula is C15H25N3O2. The van der Waals surface area contributed by atoms with Crippen molar-refractivity contribution in [3.63, 3.8) is 0 Å². The Bertz CT molecular complexity index is 470. The maximum absolute atomic E-state index is 11.7. The second kappa shape index (κ2) is 6.68. The van der Waals surface area contributed by atoms with Gasteiger partial charge in [0.15, 0.2) is 0 Å². The Morgan fingerprint density at radius 3 is 2.60 bits per heavy atom. The van der Waals surface area contributed by atoms with Gasteiger partial charge in [0.2, 0.25) is 5.95 Å². The fourth-order valence-corrected chi connectivity index (χ4v) is 1.47. The number of ether oxygens (including phenoxy) is 1. The van der Waals surface area contributed by atoms with Crippen LogP contribution in [0.4, 0.5) is 5.95 Å². The van der Waals surface area contributed by atoms with Crippen molar-refractivity contribution >= 4 is 11.9 Å². The number of nitrogens with zero attached hydrogens (tertiary/aromatic N) is 2. The van der Waals surface area contributed by atoms with Crippen molar-refractivity contribution in [1.29, 1.82) is 0 Å². The average Bonchev–Trinajstić information content (AvgIpc) is 2.36. The minimum absolute atomic E-state index is 0.150. The number of rotatable bonds is 6. The fourth-order valence-electron chi connectivity index (χ4n) is 1.47. The Labute approximate surface area is 121 Å². The molecule has 0 unspecified atom stereocenters. The Kier molecular flexibility index (Phi) is 5.48. The molecule has 1 heterocycles. The minimum atomic E-state index is -0.376. The molecule has 0 spiro atoms. The first-order chi connectivity index (χ1) is 9.27. The van der Waals surface area contributed by atoms with Gasteiger partial charge in [0.1, 0.15) is 0 Å². The summed E-state index contributed by atoms with van der Waals surface area (Å²) in [6, 6.07) is 0. The maximum atomic E-state index is 11.7. The van der Waals surface area contributed by atoms with E-state index in [1.165, 1.54) is 6.20 Å². The lowest BCUT2D eigenvalue weighted by Gasteiger charge is -2.29. The van der Waals surface area contributed by atoms with Gasteiger partial charge in [-0.1, -0.05) is 27.7 Å². The maximum Gasteiger partial charge on any atom is 0.341 e. The average molecular weight is 279 g/mol. The zero-order chi connectivity index (χ0) is 15.3. The highest BCUT2D eigenvalue weighted by Gasteiger charge is 2.22. The predicted octanol–water partition coefficient (Wildman–Crippen LogP) is 3.06. The van der Waals surface area contributed by atoms with Crippen LogP contribution in [0.25, 0.3) is 0 Å². The lowest BCUT2D eigenvalue weighted by molar-refractivity contribution is 0.0524. The third kappa shape index (κ3) is 4.18. The van der Waals surface area contributed by atoms with Crippen LogP contribution in [0, 0.1) is 18.3 Å². The Morgan fingerprint density at radius 2 is 2.10 bits per heavy atom. The molecule has 0 fully saturated rings. The summed E-state index contributed by atoms with van der Waals surface area (Å²) >= 11 is 0. The number of anilines is 1. The number of carbonyl (C=O) groups is 1. The molecule has 0 aliphatic carbocycles. The van der Waals surface area contributed by atoms with E-state index < -0.39 is 0 Å². The van der Waals surface area contributed by atoms with E-state index >= 15 is 0 Å². The number of carbonyl (C=O) groups excluding carboxylic acids is 1. The molecule has 0 atom stereocenters. The van der Waals surface area contributed by atoms with Gasteiger partial charge in [0.25, 0.3) is 0 Å². The predicted molar refractivity (Wildman–Crippen MR) is 79.8 cm³/mol. The van der Waals surface area contributed by atoms with Crippen molar-refractivity contribution in [3.05, 3.63) is 17.5 Å². The summed E-state index contributed by atoms with van der Waals surface area (Å²) in [6.07, 6.45) is 1.52. The van der Waals surface area contributed by atoms with Crippen molar-refractivity contribution in [2.45, 2.75) is 41.5 Å². The Morgan fingerprint density at radius 1 is 1.45 bits per heavy atom. The summed E-state index contributed by atoms with van der Waals surface area (Å²) in [6.45, 7) is 13.5. The van der Waals surface area contributed by atoms with Crippen molar-refractivity contribution in [1.82, 2.24) is 9.97 Å². The third-order valence-corrected chi connectivity index (χ3v) is 3.74. The van der Waals surface area contributed by atoms with Crippen LogP contribution in [0.3, 0.4) is 0 Å². The van der Waals surface area contributed by atoms with Gasteiger partial charge in [-0.05, 0) is 25.2 Å². The lowest BCUT2D eigenvalue weighted by Crippen LogP contribution is -2.29. The van der Waals surface area contributed by atoms with Crippen LogP contribution >= 0.6 is 0 Å². The van der Waals surface area contributed by atoms with Gasteiger partial charge in [-0.2, -0.15) is 0 Å². The molecule has 0 aliphatic rings. The van der Waals surface area contributed by atoms with Crippen LogP contribution in [0.15, 0.2) is 6.20 Å². The van der Waals surface area contributed by atoms with Crippen molar-refractivity contribution in [2.24, 2.45) is 11.3 Å². The first-order valence-corrected chi connectivity index (χ1v) is 7.02. The number of hydrogen-bond donors (Lipinski definition) is 1. The molecule has 1 aromatic rings. The molecule has 0 amide bonds. The molecule has 112 valence electrons. The summed E-state index contributed by atoms with van der Waals surface area (Å²) < 4.78 is 4.95. The molecule has 0 saturated heterocycles. The zero-order valence-electron chi connectivity index (χ0n) is 13.3. The van der Waals surface area contributed by atoms with E-state index in [2.05, 4.69) is 43.0 Å². The van der Waals surface area contributed by atoms with Crippen LogP contribution in [0.1, 0.15) is 50.7 Å². The molecule has 0 aromatic carbocycles. The summed E-state index contributed by atoms with van der Waals surface area (Å²) in [5.41, 5.74) is 1.20. The lowest BCUT2D eigenvalue weighted by atomic mass is 9.81. The second-order valence-corrected chi connectivity index (χ2v) is 5.91. The molecule has 5 heteroatoms. The van der Waals surface area contributed by atoms with E-state index in [9.17, 15) is 4.79 Å². The summed E-state index contributed by atoms with van der Waals surface area (Å²) in [5.74, 6) is 0.721. The Hall–Kier alpha value is -1.65. The summed E-state index contributed by atoms with van der Waals surface area (Å²) in [4.78, 5) is 20.2. The quantitative estimate of drug-likeness (QED) is 0.811. The number of aryl methyl sites for hydroxylation is 1. The first-order valence-electron chi connectivity index (χ1n) is 7.02. The molecule has 1 rings (SSSR count). The number of aromatic nitrogens is 2. The highest BCUT2D eigenvalue weighted by Crippen LogP contribution is 2.25. The van der Waals surface area contributed by atoms with Crippen LogP contribution in [-0.2, 0) is 4.74 Å². The highest BCUT2D eigenvalue weighted by atomic mass is 16.5. The largest absolute Gasteiger partial charge is 0.462 e. The van der Waals surface area contributed by atoms with Crippen molar-refractivity contribution in [2.75, 3.05) is 18.5 Å². The topological polar surface area (TPSA) is 64.1 Å². The van der Waals surface area contributed by atoms with Crippen molar-refractivity contribution < 1.29 is 9.53 Å². The molecule has 5 nitrogen and oxygen atoms in total. The monoisotopic (exact) mass is 279 g/mol. The van der Waals surface area contributed by atoms with Crippen LogP contribution in [0.5, 0.6) is 0 Å². The van der Waals surface area contributed by atoms with E-state index in [-0.39, 0.29) is 11.4 Å². The van der Waals surface area contributed by atoms with Gasteiger partial charge in [-0.15, -0.1) is 0 Å². The molecule has 1 aromatic heterocycles. The van der Waals surface area contributed by atoms with Crippen LogP contribution < -0.4 is 5.32 Å². The molecule has 0 bridgehead atoms. The van der Waals surface area contributed by atoms with Crippen LogP contribution in [0.2, 0.25) is 0 Å². The molecule has 1 N–H and O–H groups in total. The third-order valence-electron chi connectivity index (χ3n) is 3.74. The second-order valence-electron chi connectivity index (χ2n) is 5.91. The Balaban J connectivity index is 2.76. The molecule has 0 saturated carbocycles. The van der Waals surface area contributed by atoms with Crippen LogP contribution in [-0.4, -0.2) is 29.1 Å². The van der Waals surface area contributed by atoms with Gasteiger partial charge in [-0.3, -0.25) is 0 Å². The smallest absolute Gasteiger partial charge is 0.341 e. The van der Waals surface area contributed by atoms with E-state index in [4.69, 9.17) is 4.74 Å². The van der Waals surface area contributed by atoms with Crippen molar-refractivity contribution in [3.8, 4) is 0 Å². The van der Waals surface area contributed by atoms with Gasteiger partial charge in [0.05, 0.1) is 17.9 Å². The molecule has 20 heavy (non-hydrogen) atoms. The number of nitrogens with one attached hydrogen (secondary N) is 1. The zero-order valence-corrected chi connectivity index (χ0v) is 13.3. The minimum Gasteiger partial charge on any atom is -0.462 e. The molecular weight excluding hydrogens is 254 g/mol. The normalized spacial score (nSPS) is 11.6. The summed E-state index contributed by atoms with van der Waals surface area (Å²) in [7, 11) is 0.